The van der Waals surface area contributed by atoms with E-state index in [9.17, 15) is 29.4 Å². The van der Waals surface area contributed by atoms with E-state index in [-0.39, 0.29) is 44.2 Å². The highest BCUT2D eigenvalue weighted by Gasteiger charge is 2.71. The predicted octanol–water partition coefficient (Wildman–Crippen LogP) is 0.613. The van der Waals surface area contributed by atoms with Crippen molar-refractivity contribution >= 4 is 23.8 Å². The molecule has 2 aliphatic heterocycles. The number of esters is 2. The number of aliphatic hydroxyl groups is 2. The number of nitrogens with zero attached hydrogens (tertiary/aromatic N) is 1. The first-order valence-electron chi connectivity index (χ1n) is 14.9. The van der Waals surface area contributed by atoms with Gasteiger partial charge in [-0.1, -0.05) is 6.07 Å². The first-order valence-corrected chi connectivity index (χ1v) is 14.9. The van der Waals surface area contributed by atoms with Crippen LogP contribution in [0.5, 0.6) is 11.5 Å². The molecule has 1 fully saturated rings. The maximum absolute atomic E-state index is 13.5. The highest BCUT2D eigenvalue weighted by atomic mass is 16.6. The van der Waals surface area contributed by atoms with Gasteiger partial charge in [0.05, 0.1) is 25.4 Å². The van der Waals surface area contributed by atoms with Crippen LogP contribution >= 0.6 is 0 Å². The molecule has 0 unspecified atom stereocenters. The van der Waals surface area contributed by atoms with E-state index in [2.05, 4.69) is 15.5 Å². The third-order valence-corrected chi connectivity index (χ3v) is 9.04. The molecule has 1 aromatic carbocycles. The van der Waals surface area contributed by atoms with E-state index in [1.807, 2.05) is 27.0 Å². The van der Waals surface area contributed by atoms with Gasteiger partial charge in [-0.3, -0.25) is 24.1 Å². The zero-order valence-electron chi connectivity index (χ0n) is 26.1. The molecule has 4 rings (SSSR count). The summed E-state index contributed by atoms with van der Waals surface area (Å²) >= 11 is 0. The summed E-state index contributed by atoms with van der Waals surface area (Å²) < 4.78 is 24.7. The molecule has 13 heteroatoms. The molecule has 0 aromatic heterocycles. The van der Waals surface area contributed by atoms with Gasteiger partial charge in [-0.2, -0.15) is 0 Å². The van der Waals surface area contributed by atoms with Crippen LogP contribution in [0.25, 0.3) is 0 Å². The van der Waals surface area contributed by atoms with Crippen molar-refractivity contribution < 1.29 is 48.3 Å². The Morgan fingerprint density at radius 1 is 1.07 bits per heavy atom. The van der Waals surface area contributed by atoms with Gasteiger partial charge in [0.2, 0.25) is 11.8 Å². The summed E-state index contributed by atoms with van der Waals surface area (Å²) in [5.41, 5.74) is -0.392. The van der Waals surface area contributed by atoms with Crippen LogP contribution in [0.15, 0.2) is 24.0 Å². The molecule has 44 heavy (non-hydrogen) atoms. The first kappa shape index (κ1) is 33.2. The van der Waals surface area contributed by atoms with Crippen LogP contribution in [-0.2, 0) is 34.1 Å². The van der Waals surface area contributed by atoms with Gasteiger partial charge in [0.25, 0.3) is 0 Å². The number of methoxy groups -OCH3 is 1. The van der Waals surface area contributed by atoms with Gasteiger partial charge < -0.3 is 39.8 Å². The van der Waals surface area contributed by atoms with Crippen molar-refractivity contribution in [3.63, 3.8) is 0 Å². The first-order chi connectivity index (χ1) is 20.8. The van der Waals surface area contributed by atoms with Crippen molar-refractivity contribution in [3.05, 3.63) is 35.1 Å². The van der Waals surface area contributed by atoms with Crippen LogP contribution in [0.4, 0.5) is 0 Å². The van der Waals surface area contributed by atoms with Crippen molar-refractivity contribution in [2.45, 2.75) is 88.7 Å². The third kappa shape index (κ3) is 5.87. The van der Waals surface area contributed by atoms with Crippen LogP contribution in [-0.4, -0.2) is 103 Å². The summed E-state index contributed by atoms with van der Waals surface area (Å²) in [4.78, 5) is 52.1. The Bertz CT molecular complexity index is 1330. The number of hydrogen-bond acceptors (Lipinski definition) is 11. The lowest BCUT2D eigenvalue weighted by molar-refractivity contribution is -0.201. The molecule has 242 valence electrons. The fraction of sp³-hybridized carbons (Fsp3) is 0.613. The average molecular weight is 618 g/mol. The summed E-state index contributed by atoms with van der Waals surface area (Å²) in [6, 6.07) is 3.44. The second-order valence-electron chi connectivity index (χ2n) is 11.7. The van der Waals surface area contributed by atoms with Gasteiger partial charge in [-0.15, -0.1) is 0 Å². The zero-order chi connectivity index (χ0) is 32.4. The Morgan fingerprint density at radius 2 is 1.68 bits per heavy atom. The van der Waals surface area contributed by atoms with Crippen molar-refractivity contribution in [3.8, 4) is 11.5 Å². The molecular weight excluding hydrogens is 574 g/mol. The van der Waals surface area contributed by atoms with E-state index < -0.39 is 53.1 Å². The Hall–Kier alpha value is -3.68. The highest BCUT2D eigenvalue weighted by molar-refractivity contribution is 5.81. The lowest BCUT2D eigenvalue weighted by Crippen LogP contribution is -2.73. The van der Waals surface area contributed by atoms with E-state index >= 15 is 0 Å². The zero-order valence-corrected chi connectivity index (χ0v) is 26.1. The largest absolute Gasteiger partial charge is 0.493 e. The monoisotopic (exact) mass is 617 g/mol. The predicted molar refractivity (Wildman–Crippen MR) is 157 cm³/mol. The number of carbonyl (C=O) groups is 4. The SMILES string of the molecule is COc1ccc(C)c2c1O[C@H]1C(OC(=O)CCNC(=O)[C@H](C)O)=CC[C@@]3(OC(=O)CCNC(=O)[C@H](C)O)[C@@H](C)N(C)CC[C@]213. The molecule has 6 atom stereocenters. The van der Waals surface area contributed by atoms with Gasteiger partial charge in [-0.25, -0.2) is 0 Å². The molecule has 1 spiro atoms. The number of ether oxygens (including phenoxy) is 4. The fourth-order valence-corrected chi connectivity index (χ4v) is 6.65. The van der Waals surface area contributed by atoms with E-state index in [1.54, 1.807) is 19.3 Å². The van der Waals surface area contributed by atoms with E-state index in [1.165, 1.54) is 13.8 Å². The van der Waals surface area contributed by atoms with Crippen LogP contribution < -0.4 is 20.1 Å². The minimum absolute atomic E-state index is 0.0104. The second kappa shape index (κ2) is 13.1. The van der Waals surface area contributed by atoms with Gasteiger partial charge in [0.15, 0.2) is 17.6 Å². The number of hydrogen-bond donors (Lipinski definition) is 4. The van der Waals surface area contributed by atoms with Crippen LogP contribution in [0.3, 0.4) is 0 Å². The van der Waals surface area contributed by atoms with Crippen molar-refractivity contribution in [1.82, 2.24) is 15.5 Å². The molecule has 0 bridgehead atoms. The minimum Gasteiger partial charge on any atom is -0.493 e. The fourth-order valence-electron chi connectivity index (χ4n) is 6.65. The molecule has 0 saturated carbocycles. The Kier molecular flexibility index (Phi) is 9.91. The standard InChI is InChI=1S/C31H43N3O10/c1-17-7-8-21(41-6)26-25(17)30-13-16-34(5)20(4)31(30,44-24(38)11-15-33-29(40)19(3)36)12-9-22(27(30)43-26)42-23(37)10-14-32-28(39)18(2)35/h7-9,18-20,27,35-36H,10-16H2,1-6H3,(H,32,39)(H,33,40)/t18-,19-,20+,27-,30-,31+/m0/s1. The van der Waals surface area contributed by atoms with E-state index in [0.717, 1.165) is 11.1 Å². The third-order valence-electron chi connectivity index (χ3n) is 9.04. The summed E-state index contributed by atoms with van der Waals surface area (Å²) in [6.45, 7) is 7.22. The molecule has 13 nitrogen and oxygen atoms in total. The topological polar surface area (TPSA) is 173 Å². The smallest absolute Gasteiger partial charge is 0.312 e. The molecular formula is C31H43N3O10. The summed E-state index contributed by atoms with van der Waals surface area (Å²) in [5.74, 6) is -1.05. The number of carbonyl (C=O) groups excluding carboxylic acids is 4. The molecule has 0 radical (unpaired) electrons. The normalized spacial score (nSPS) is 26.9. The number of rotatable bonds is 11. The van der Waals surface area contributed by atoms with E-state index in [0.29, 0.717) is 24.5 Å². The number of aryl methyl sites for hydroxylation is 1. The number of likely N-dealkylation sites (tertiary alicyclic amines) is 1. The number of fused-ring (bicyclic) bond motifs is 1. The summed E-state index contributed by atoms with van der Waals surface area (Å²) in [5, 5.41) is 23.9. The molecule has 1 aromatic rings. The maximum Gasteiger partial charge on any atom is 0.312 e. The minimum atomic E-state index is -1.20. The maximum atomic E-state index is 13.5. The Morgan fingerprint density at radius 3 is 2.27 bits per heavy atom. The lowest BCUT2D eigenvalue weighted by atomic mass is 9.54. The number of piperidine rings is 1. The van der Waals surface area contributed by atoms with Crippen LogP contribution in [0.1, 0.15) is 57.6 Å². The van der Waals surface area contributed by atoms with Crippen molar-refractivity contribution in [2.24, 2.45) is 0 Å². The van der Waals surface area contributed by atoms with Crippen molar-refractivity contribution in [2.75, 3.05) is 33.8 Å². The Labute approximate surface area is 256 Å². The molecule has 1 saturated heterocycles. The average Bonchev–Trinajstić information content (AvgIpc) is 3.33. The van der Waals surface area contributed by atoms with Gasteiger partial charge in [0.1, 0.15) is 23.6 Å². The number of likely N-dealkylation sites (N-methyl/N-ethyl adjacent to an activating group) is 1. The number of amides is 2. The molecule has 2 heterocycles. The molecule has 1 aliphatic carbocycles. The van der Waals surface area contributed by atoms with E-state index in [4.69, 9.17) is 18.9 Å². The van der Waals surface area contributed by atoms with Crippen LogP contribution in [0, 0.1) is 6.92 Å². The lowest BCUT2D eigenvalue weighted by Gasteiger charge is -2.59. The summed E-state index contributed by atoms with van der Waals surface area (Å²) in [7, 11) is 3.50. The van der Waals surface area contributed by atoms with Crippen LogP contribution in [0.2, 0.25) is 0 Å². The number of aliphatic hydroxyl groups excluding tert-OH is 2. The second-order valence-corrected chi connectivity index (χ2v) is 11.7. The highest BCUT2D eigenvalue weighted by Crippen LogP contribution is 2.64. The Balaban J connectivity index is 1.72. The molecule has 3 aliphatic rings. The number of benzene rings is 1. The van der Waals surface area contributed by atoms with Crippen molar-refractivity contribution in [1.29, 1.82) is 0 Å². The van der Waals surface area contributed by atoms with Gasteiger partial charge >= 0.3 is 11.9 Å². The molecule has 4 N–H and O–H groups in total. The van der Waals surface area contributed by atoms with Gasteiger partial charge in [0, 0.05) is 31.1 Å². The van der Waals surface area contributed by atoms with Gasteiger partial charge in [-0.05, 0) is 65.4 Å². The quantitative estimate of drug-likeness (QED) is 0.256. The summed E-state index contributed by atoms with van der Waals surface area (Å²) in [6.07, 6.45) is -1.06. The number of nitrogens with one attached hydrogen (secondary N) is 2. The molecule has 2 amide bonds.